The van der Waals surface area contributed by atoms with Gasteiger partial charge < -0.3 is 16.0 Å². The highest BCUT2D eigenvalue weighted by Crippen LogP contribution is 2.27. The Balaban J connectivity index is 2.27. The fraction of sp³-hybridized carbons (Fsp3) is 0.133. The summed E-state index contributed by atoms with van der Waals surface area (Å²) in [6.07, 6.45) is 0. The van der Waals surface area contributed by atoms with E-state index in [9.17, 15) is 4.79 Å². The first kappa shape index (κ1) is 14.2. The molecule has 5 heteroatoms. The van der Waals surface area contributed by atoms with E-state index in [1.165, 1.54) is 0 Å². The van der Waals surface area contributed by atoms with Crippen LogP contribution in [-0.4, -0.2) is 20.0 Å². The molecule has 0 atom stereocenters. The molecule has 2 aromatic carbocycles. The number of anilines is 3. The van der Waals surface area contributed by atoms with Gasteiger partial charge in [-0.2, -0.15) is 0 Å². The molecule has 0 radical (unpaired) electrons. The van der Waals surface area contributed by atoms with Gasteiger partial charge in [-0.05, 0) is 42.5 Å². The maximum Gasteiger partial charge on any atom is 0.255 e. The van der Waals surface area contributed by atoms with Crippen LogP contribution in [0.4, 0.5) is 17.1 Å². The maximum absolute atomic E-state index is 12.2. The van der Waals surface area contributed by atoms with Crippen molar-refractivity contribution in [3.63, 3.8) is 0 Å². The zero-order chi connectivity index (χ0) is 14.7. The number of hydrogen-bond donors (Lipinski definition) is 2. The molecule has 0 aliphatic carbocycles. The second kappa shape index (κ2) is 5.84. The lowest BCUT2D eigenvalue weighted by Gasteiger charge is -2.18. The normalized spacial score (nSPS) is 10.2. The molecule has 0 aromatic heterocycles. The van der Waals surface area contributed by atoms with E-state index in [-0.39, 0.29) is 5.91 Å². The molecule has 0 bridgehead atoms. The lowest BCUT2D eigenvalue weighted by atomic mass is 10.2. The first-order valence-electron chi connectivity index (χ1n) is 6.11. The zero-order valence-corrected chi connectivity index (χ0v) is 12.1. The summed E-state index contributed by atoms with van der Waals surface area (Å²) in [6.45, 7) is 0. The van der Waals surface area contributed by atoms with Gasteiger partial charge in [0, 0.05) is 30.4 Å². The van der Waals surface area contributed by atoms with Crippen molar-refractivity contribution in [1.82, 2.24) is 0 Å². The lowest BCUT2D eigenvalue weighted by molar-refractivity contribution is 0.102. The van der Waals surface area contributed by atoms with Crippen LogP contribution in [0.5, 0.6) is 0 Å². The van der Waals surface area contributed by atoms with Gasteiger partial charge in [0.05, 0.1) is 11.4 Å². The molecule has 0 saturated carbocycles. The van der Waals surface area contributed by atoms with Crippen molar-refractivity contribution in [3.8, 4) is 0 Å². The van der Waals surface area contributed by atoms with Gasteiger partial charge in [-0.15, -0.1) is 0 Å². The van der Waals surface area contributed by atoms with Gasteiger partial charge in [-0.25, -0.2) is 0 Å². The summed E-state index contributed by atoms with van der Waals surface area (Å²) in [5.41, 5.74) is 8.48. The molecule has 0 unspecified atom stereocenters. The number of halogens is 1. The van der Waals surface area contributed by atoms with E-state index in [4.69, 9.17) is 17.3 Å². The number of hydrogen-bond acceptors (Lipinski definition) is 3. The highest BCUT2D eigenvalue weighted by molar-refractivity contribution is 6.30. The molecule has 2 rings (SSSR count). The molecule has 0 saturated heterocycles. The number of nitrogens with one attached hydrogen (secondary N) is 1. The number of carbonyl (C=O) groups excluding carboxylic acids is 1. The Labute approximate surface area is 123 Å². The Hall–Kier alpha value is -2.20. The summed E-state index contributed by atoms with van der Waals surface area (Å²) in [4.78, 5) is 14.1. The lowest BCUT2D eigenvalue weighted by Crippen LogP contribution is -2.17. The molecule has 0 aliphatic rings. The molecular weight excluding hydrogens is 274 g/mol. The Morgan fingerprint density at radius 2 is 1.80 bits per heavy atom. The van der Waals surface area contributed by atoms with Gasteiger partial charge in [0.2, 0.25) is 0 Å². The van der Waals surface area contributed by atoms with Crippen LogP contribution in [0.25, 0.3) is 0 Å². The van der Waals surface area contributed by atoms with Crippen molar-refractivity contribution in [1.29, 1.82) is 0 Å². The van der Waals surface area contributed by atoms with Crippen molar-refractivity contribution >= 4 is 34.6 Å². The summed E-state index contributed by atoms with van der Waals surface area (Å²) in [5.74, 6) is -0.199. The third-order valence-corrected chi connectivity index (χ3v) is 3.11. The summed E-state index contributed by atoms with van der Waals surface area (Å²) in [6, 6.07) is 12.1. The van der Waals surface area contributed by atoms with E-state index in [2.05, 4.69) is 5.32 Å². The van der Waals surface area contributed by atoms with Crippen LogP contribution >= 0.6 is 11.6 Å². The van der Waals surface area contributed by atoms with Crippen LogP contribution in [0.15, 0.2) is 42.5 Å². The van der Waals surface area contributed by atoms with Gasteiger partial charge in [-0.3, -0.25) is 4.79 Å². The fourth-order valence-corrected chi connectivity index (χ4v) is 1.97. The van der Waals surface area contributed by atoms with Gasteiger partial charge >= 0.3 is 0 Å². The quantitative estimate of drug-likeness (QED) is 0.853. The summed E-state index contributed by atoms with van der Waals surface area (Å²) in [5, 5.41) is 3.46. The van der Waals surface area contributed by atoms with E-state index >= 15 is 0 Å². The second-order valence-electron chi connectivity index (χ2n) is 4.63. The van der Waals surface area contributed by atoms with Crippen LogP contribution in [0, 0.1) is 0 Å². The smallest absolute Gasteiger partial charge is 0.255 e. The van der Waals surface area contributed by atoms with Gasteiger partial charge in [0.15, 0.2) is 0 Å². The zero-order valence-electron chi connectivity index (χ0n) is 11.4. The first-order chi connectivity index (χ1) is 9.47. The number of nitrogens with two attached hydrogens (primary N) is 1. The Morgan fingerprint density at radius 3 is 2.40 bits per heavy atom. The number of benzene rings is 2. The van der Waals surface area contributed by atoms with Crippen molar-refractivity contribution in [2.75, 3.05) is 30.0 Å². The topological polar surface area (TPSA) is 58.4 Å². The Bertz CT molecular complexity index is 624. The summed E-state index contributed by atoms with van der Waals surface area (Å²) >= 11 is 5.81. The van der Waals surface area contributed by atoms with Crippen LogP contribution in [-0.2, 0) is 0 Å². The largest absolute Gasteiger partial charge is 0.399 e. The molecule has 3 N–H and O–H groups in total. The highest BCUT2D eigenvalue weighted by Gasteiger charge is 2.10. The molecule has 20 heavy (non-hydrogen) atoms. The van der Waals surface area contributed by atoms with Crippen LogP contribution < -0.4 is 16.0 Å². The van der Waals surface area contributed by atoms with Crippen molar-refractivity contribution in [2.45, 2.75) is 0 Å². The summed E-state index contributed by atoms with van der Waals surface area (Å²) < 4.78 is 0. The van der Waals surface area contributed by atoms with Crippen molar-refractivity contribution < 1.29 is 4.79 Å². The molecule has 4 nitrogen and oxygen atoms in total. The van der Waals surface area contributed by atoms with Gasteiger partial charge in [0.25, 0.3) is 5.91 Å². The van der Waals surface area contributed by atoms with E-state index < -0.39 is 0 Å². The molecule has 0 spiro atoms. The van der Waals surface area contributed by atoms with E-state index in [1.54, 1.807) is 36.4 Å². The number of amides is 1. The van der Waals surface area contributed by atoms with Crippen LogP contribution in [0.2, 0.25) is 5.02 Å². The minimum Gasteiger partial charge on any atom is -0.399 e. The minimum absolute atomic E-state index is 0.199. The van der Waals surface area contributed by atoms with Crippen molar-refractivity contribution in [3.05, 3.63) is 53.1 Å². The monoisotopic (exact) mass is 289 g/mol. The predicted octanol–water partition coefficient (Wildman–Crippen LogP) is 3.24. The number of nitrogens with zero attached hydrogens (tertiary/aromatic N) is 1. The van der Waals surface area contributed by atoms with Crippen molar-refractivity contribution in [2.24, 2.45) is 0 Å². The first-order valence-corrected chi connectivity index (χ1v) is 6.49. The Kier molecular flexibility index (Phi) is 4.15. The highest BCUT2D eigenvalue weighted by atomic mass is 35.5. The number of nitrogen functional groups attached to an aromatic ring is 1. The standard InChI is InChI=1S/C15H16ClN3O/c1-19(2)14-8-7-12(17)9-13(14)18-15(20)10-3-5-11(16)6-4-10/h3-9H,17H2,1-2H3,(H,18,20). The maximum atomic E-state index is 12.2. The minimum atomic E-state index is -0.199. The molecule has 1 amide bonds. The molecule has 0 aliphatic heterocycles. The molecule has 104 valence electrons. The van der Waals surface area contributed by atoms with Gasteiger partial charge in [0.1, 0.15) is 0 Å². The summed E-state index contributed by atoms with van der Waals surface area (Å²) in [7, 11) is 3.81. The van der Waals surface area contributed by atoms with E-state index in [0.717, 1.165) is 5.69 Å². The number of carbonyl (C=O) groups is 1. The Morgan fingerprint density at radius 1 is 1.15 bits per heavy atom. The third-order valence-electron chi connectivity index (χ3n) is 2.86. The fourth-order valence-electron chi connectivity index (χ4n) is 1.84. The number of rotatable bonds is 3. The van der Waals surface area contributed by atoms with E-state index in [0.29, 0.717) is 22.0 Å². The van der Waals surface area contributed by atoms with Crippen LogP contribution in [0.3, 0.4) is 0 Å². The average molecular weight is 290 g/mol. The molecule has 2 aromatic rings. The second-order valence-corrected chi connectivity index (χ2v) is 5.07. The third kappa shape index (κ3) is 3.22. The SMILES string of the molecule is CN(C)c1ccc(N)cc1NC(=O)c1ccc(Cl)cc1. The molecule has 0 heterocycles. The predicted molar refractivity (Wildman–Crippen MR) is 84.6 cm³/mol. The average Bonchev–Trinajstić information content (AvgIpc) is 2.39. The molecule has 0 fully saturated rings. The molecular formula is C15H16ClN3O. The van der Waals surface area contributed by atoms with Gasteiger partial charge in [-0.1, -0.05) is 11.6 Å². The van der Waals surface area contributed by atoms with Crippen LogP contribution in [0.1, 0.15) is 10.4 Å². The van der Waals surface area contributed by atoms with E-state index in [1.807, 2.05) is 25.1 Å².